The summed E-state index contributed by atoms with van der Waals surface area (Å²) in [5.41, 5.74) is 1.47. The van der Waals surface area contributed by atoms with Gasteiger partial charge < -0.3 is 5.32 Å². The van der Waals surface area contributed by atoms with Gasteiger partial charge in [0.1, 0.15) is 5.83 Å². The minimum Gasteiger partial charge on any atom is -0.309 e. The number of rotatable bonds is 1. The predicted octanol–water partition coefficient (Wildman–Crippen LogP) is 1.07. The van der Waals surface area contributed by atoms with Crippen molar-refractivity contribution in [1.29, 1.82) is 0 Å². The van der Waals surface area contributed by atoms with Gasteiger partial charge in [0.15, 0.2) is 0 Å². The molecule has 0 spiro atoms. The lowest BCUT2D eigenvalue weighted by molar-refractivity contribution is 0.674. The summed E-state index contributed by atoms with van der Waals surface area (Å²) in [5, 5.41) is 3.00. The molecule has 60 valence electrons. The zero-order chi connectivity index (χ0) is 8.27. The molecular weight excluding hydrogens is 143 g/mol. The van der Waals surface area contributed by atoms with E-state index in [-0.39, 0.29) is 5.83 Å². The van der Waals surface area contributed by atoms with Crippen molar-refractivity contribution < 1.29 is 4.39 Å². The minimum absolute atomic E-state index is 0.275. The van der Waals surface area contributed by atoms with Gasteiger partial charge >= 0.3 is 0 Å². The average Bonchev–Trinajstić information content (AvgIpc) is 2.36. The topological polar surface area (TPSA) is 24.4 Å². The third-order valence-corrected chi connectivity index (χ3v) is 1.60. The fourth-order valence-electron chi connectivity index (χ4n) is 1.01. The van der Waals surface area contributed by atoms with Crippen molar-refractivity contribution in [2.45, 2.75) is 0 Å². The van der Waals surface area contributed by atoms with E-state index in [1.807, 2.05) is 0 Å². The standard InChI is InChI=1S/C8H11FN2/c1-6-3-11-4-7(6)8(9)5-10-2/h5,11H,1,3-4H2,2H3/b8-7+,10-5?. The van der Waals surface area contributed by atoms with Crippen LogP contribution in [-0.4, -0.2) is 26.4 Å². The van der Waals surface area contributed by atoms with Gasteiger partial charge in [-0.2, -0.15) is 0 Å². The fraction of sp³-hybridized carbons (Fsp3) is 0.375. The SMILES string of the molecule is C=C1CNC/C1=C(\F)C=NC. The van der Waals surface area contributed by atoms with Gasteiger partial charge in [0.05, 0.1) is 6.21 Å². The van der Waals surface area contributed by atoms with Crippen molar-refractivity contribution in [3.8, 4) is 0 Å². The zero-order valence-electron chi connectivity index (χ0n) is 6.52. The number of hydrogen-bond donors (Lipinski definition) is 1. The normalized spacial score (nSPS) is 23.3. The van der Waals surface area contributed by atoms with Crippen molar-refractivity contribution in [3.63, 3.8) is 0 Å². The predicted molar refractivity (Wildman–Crippen MR) is 44.6 cm³/mol. The monoisotopic (exact) mass is 154 g/mol. The Hall–Kier alpha value is -0.960. The van der Waals surface area contributed by atoms with Crippen LogP contribution in [0.4, 0.5) is 4.39 Å². The Morgan fingerprint density at radius 3 is 2.91 bits per heavy atom. The van der Waals surface area contributed by atoms with Crippen molar-refractivity contribution in [1.82, 2.24) is 5.32 Å². The highest BCUT2D eigenvalue weighted by Gasteiger charge is 2.14. The number of hydrogen-bond acceptors (Lipinski definition) is 2. The van der Waals surface area contributed by atoms with E-state index < -0.39 is 0 Å². The average molecular weight is 154 g/mol. The molecule has 1 fully saturated rings. The molecule has 1 aliphatic heterocycles. The summed E-state index contributed by atoms with van der Waals surface area (Å²) in [5.74, 6) is -0.275. The Bertz CT molecular complexity index is 228. The van der Waals surface area contributed by atoms with Crippen LogP contribution < -0.4 is 5.32 Å². The van der Waals surface area contributed by atoms with Gasteiger partial charge in [-0.05, 0) is 5.57 Å². The molecule has 0 radical (unpaired) electrons. The van der Waals surface area contributed by atoms with Crippen molar-refractivity contribution in [2.75, 3.05) is 20.1 Å². The van der Waals surface area contributed by atoms with E-state index in [1.54, 1.807) is 7.05 Å². The van der Waals surface area contributed by atoms with Crippen LogP contribution in [0.5, 0.6) is 0 Å². The summed E-state index contributed by atoms with van der Waals surface area (Å²) in [4.78, 5) is 3.59. The van der Waals surface area contributed by atoms with Gasteiger partial charge in [-0.1, -0.05) is 6.58 Å². The Morgan fingerprint density at radius 2 is 2.45 bits per heavy atom. The summed E-state index contributed by atoms with van der Waals surface area (Å²) in [6, 6.07) is 0. The molecule has 0 unspecified atom stereocenters. The van der Waals surface area contributed by atoms with E-state index in [2.05, 4.69) is 16.9 Å². The molecule has 11 heavy (non-hydrogen) atoms. The van der Waals surface area contributed by atoms with Crippen LogP contribution in [-0.2, 0) is 0 Å². The summed E-state index contributed by atoms with van der Waals surface area (Å²) in [7, 11) is 1.55. The maximum atomic E-state index is 13.0. The summed E-state index contributed by atoms with van der Waals surface area (Å²) in [6.07, 6.45) is 1.22. The molecular formula is C8H11FN2. The Kier molecular flexibility index (Phi) is 2.54. The largest absolute Gasteiger partial charge is 0.309 e. The molecule has 0 amide bonds. The van der Waals surface area contributed by atoms with Crippen LogP contribution in [0, 0.1) is 0 Å². The molecule has 3 heteroatoms. The van der Waals surface area contributed by atoms with E-state index in [0.29, 0.717) is 18.7 Å². The highest BCUT2D eigenvalue weighted by atomic mass is 19.1. The van der Waals surface area contributed by atoms with E-state index >= 15 is 0 Å². The van der Waals surface area contributed by atoms with Gasteiger partial charge in [0, 0.05) is 25.7 Å². The number of nitrogens with zero attached hydrogens (tertiary/aromatic N) is 1. The van der Waals surface area contributed by atoms with Crippen LogP contribution in [0.3, 0.4) is 0 Å². The van der Waals surface area contributed by atoms with Gasteiger partial charge in [0.2, 0.25) is 0 Å². The summed E-state index contributed by atoms with van der Waals surface area (Å²) >= 11 is 0. The van der Waals surface area contributed by atoms with E-state index in [1.165, 1.54) is 6.21 Å². The molecule has 1 N–H and O–H groups in total. The van der Waals surface area contributed by atoms with Gasteiger partial charge in [-0.3, -0.25) is 4.99 Å². The van der Waals surface area contributed by atoms with E-state index in [9.17, 15) is 4.39 Å². The Balaban J connectivity index is 2.85. The molecule has 0 bridgehead atoms. The highest BCUT2D eigenvalue weighted by molar-refractivity contribution is 5.78. The molecule has 0 saturated carbocycles. The van der Waals surface area contributed by atoms with Crippen molar-refractivity contribution in [3.05, 3.63) is 23.6 Å². The van der Waals surface area contributed by atoms with Crippen LogP contribution in [0.25, 0.3) is 0 Å². The molecule has 1 rings (SSSR count). The molecule has 0 aromatic carbocycles. The molecule has 2 nitrogen and oxygen atoms in total. The molecule has 1 aliphatic rings. The van der Waals surface area contributed by atoms with Crippen LogP contribution >= 0.6 is 0 Å². The molecule has 0 atom stereocenters. The smallest absolute Gasteiger partial charge is 0.145 e. The van der Waals surface area contributed by atoms with Crippen LogP contribution in [0.1, 0.15) is 0 Å². The molecule has 1 saturated heterocycles. The molecule has 0 aliphatic carbocycles. The molecule has 0 aromatic heterocycles. The fourth-order valence-corrected chi connectivity index (χ4v) is 1.01. The first-order valence-electron chi connectivity index (χ1n) is 3.45. The lowest BCUT2D eigenvalue weighted by atomic mass is 10.1. The van der Waals surface area contributed by atoms with Crippen LogP contribution in [0.15, 0.2) is 28.5 Å². The second kappa shape index (κ2) is 3.44. The molecule has 0 aromatic rings. The number of halogens is 1. The number of nitrogens with one attached hydrogen (secondary N) is 1. The maximum Gasteiger partial charge on any atom is 0.145 e. The highest BCUT2D eigenvalue weighted by Crippen LogP contribution is 2.16. The first kappa shape index (κ1) is 8.14. The quantitative estimate of drug-likeness (QED) is 0.561. The lowest BCUT2D eigenvalue weighted by Gasteiger charge is -1.95. The van der Waals surface area contributed by atoms with Crippen molar-refractivity contribution >= 4 is 6.21 Å². The van der Waals surface area contributed by atoms with Gasteiger partial charge in [-0.15, -0.1) is 0 Å². The number of allylic oxidation sites excluding steroid dienone is 1. The second-order valence-corrected chi connectivity index (χ2v) is 2.42. The number of aliphatic imine (C=N–C) groups is 1. The molecule has 1 heterocycles. The zero-order valence-corrected chi connectivity index (χ0v) is 6.52. The second-order valence-electron chi connectivity index (χ2n) is 2.42. The van der Waals surface area contributed by atoms with Crippen LogP contribution in [0.2, 0.25) is 0 Å². The van der Waals surface area contributed by atoms with Gasteiger partial charge in [0.25, 0.3) is 0 Å². The Morgan fingerprint density at radius 1 is 1.73 bits per heavy atom. The van der Waals surface area contributed by atoms with E-state index in [0.717, 1.165) is 5.57 Å². The first-order valence-corrected chi connectivity index (χ1v) is 3.45. The Labute approximate surface area is 65.5 Å². The third kappa shape index (κ3) is 1.74. The van der Waals surface area contributed by atoms with Gasteiger partial charge in [-0.25, -0.2) is 4.39 Å². The summed E-state index contributed by atoms with van der Waals surface area (Å²) in [6.45, 7) is 4.96. The van der Waals surface area contributed by atoms with Crippen molar-refractivity contribution in [2.24, 2.45) is 4.99 Å². The minimum atomic E-state index is -0.275. The lowest BCUT2D eigenvalue weighted by Crippen LogP contribution is -2.05. The van der Waals surface area contributed by atoms with E-state index in [4.69, 9.17) is 0 Å². The third-order valence-electron chi connectivity index (χ3n) is 1.60. The maximum absolute atomic E-state index is 13.0. The first-order chi connectivity index (χ1) is 5.25. The summed E-state index contributed by atoms with van der Waals surface area (Å²) < 4.78 is 13.0.